The largest absolute Gasteiger partial charge is 2.00 e. The van der Waals surface area contributed by atoms with Gasteiger partial charge in [0.05, 0.1) is 0 Å². The standard InChI is InChI=1S/C18H15P.C13H17O3Se.C5H5.CO.Fe/c1-4-10-16(11-5-1)19(17-12-6-2-7-13-17)18-14-8-3-9-15-18;1-15-13(16-2)9-8-12(10-14)17-11-6-4-3-5-7-11;1-2-4-5-3-1;1-2;/h1-15H;3-7,12-13H,8-9H2,1-2H3;1-5H;;/q;-1;;;+2. The smallest absolute Gasteiger partial charge is 0.0622 e. The van der Waals surface area contributed by atoms with E-state index in [9.17, 15) is 4.79 Å². The third kappa shape index (κ3) is 15.6. The molecule has 0 aromatic heterocycles. The van der Waals surface area contributed by atoms with Gasteiger partial charge in [-0.05, 0) is 55.9 Å². The molecule has 0 N–H and O–H groups in total. The monoisotopic (exact) mass is 712 g/mol. The van der Waals surface area contributed by atoms with Gasteiger partial charge in [0.1, 0.15) is 0 Å². The summed E-state index contributed by atoms with van der Waals surface area (Å²) in [7, 11) is 2.77. The van der Waals surface area contributed by atoms with Gasteiger partial charge in [-0.3, -0.25) is 0 Å². The SMILES string of the molecule is COC(CCC([C-]=O)[Se]c1ccccc1)OC.[C-]#[O+].[CH]1[CH][CH][CH][CH]1.[Fe+2].c1ccc(P(c2ccccc2)c2ccccc2)cc1. The second kappa shape index (κ2) is 26.0. The molecule has 1 unspecified atom stereocenters. The summed E-state index contributed by atoms with van der Waals surface area (Å²) < 4.78 is 18.9. The van der Waals surface area contributed by atoms with Gasteiger partial charge in [0.25, 0.3) is 0 Å². The van der Waals surface area contributed by atoms with Crippen molar-refractivity contribution in [1.82, 2.24) is 0 Å². The van der Waals surface area contributed by atoms with Crippen LogP contribution in [0.3, 0.4) is 0 Å². The van der Waals surface area contributed by atoms with Crippen LogP contribution < -0.4 is 20.4 Å². The molecule has 1 aliphatic rings. The molecule has 0 saturated heterocycles. The number of hydrogen-bond acceptors (Lipinski definition) is 3. The van der Waals surface area contributed by atoms with E-state index in [-0.39, 0.29) is 43.1 Å². The number of methoxy groups -OCH3 is 2. The van der Waals surface area contributed by atoms with E-state index in [1.807, 2.05) is 50.3 Å². The van der Waals surface area contributed by atoms with E-state index in [2.05, 4.69) is 116 Å². The van der Waals surface area contributed by atoms with E-state index in [4.69, 9.17) is 14.1 Å². The first-order chi connectivity index (χ1) is 21.2. The predicted molar refractivity (Wildman–Crippen MR) is 179 cm³/mol. The van der Waals surface area contributed by atoms with Gasteiger partial charge in [-0.1, -0.05) is 91.0 Å². The van der Waals surface area contributed by atoms with E-state index in [0.29, 0.717) is 0 Å². The van der Waals surface area contributed by atoms with Crippen molar-refractivity contribution in [2.75, 3.05) is 14.2 Å². The van der Waals surface area contributed by atoms with Gasteiger partial charge in [0.15, 0.2) is 0 Å². The zero-order valence-electron chi connectivity index (χ0n) is 24.8. The number of benzene rings is 4. The van der Waals surface area contributed by atoms with Crippen molar-refractivity contribution in [3.8, 4) is 0 Å². The summed E-state index contributed by atoms with van der Waals surface area (Å²) in [4.78, 5) is 10.9. The van der Waals surface area contributed by atoms with E-state index in [1.165, 1.54) is 20.4 Å². The Kier molecular flexibility index (Phi) is 23.4. The summed E-state index contributed by atoms with van der Waals surface area (Å²) in [5.41, 5.74) is 0. The summed E-state index contributed by atoms with van der Waals surface area (Å²) in [5.74, 6) is 0. The van der Waals surface area contributed by atoms with Crippen LogP contribution in [0.2, 0.25) is 4.82 Å². The minimum Gasteiger partial charge on any atom is -0.0622 e. The minimum atomic E-state index is -0.446. The van der Waals surface area contributed by atoms with Crippen LogP contribution in [0.4, 0.5) is 0 Å². The number of hydrogen-bond donors (Lipinski definition) is 0. The summed E-state index contributed by atoms with van der Waals surface area (Å²) in [6, 6.07) is 42.4. The van der Waals surface area contributed by atoms with Crippen LogP contribution in [0.1, 0.15) is 12.8 Å². The maximum atomic E-state index is 10.9. The van der Waals surface area contributed by atoms with Crippen LogP contribution in [0, 0.1) is 38.8 Å². The fourth-order valence-corrected chi connectivity index (χ4v) is 8.21. The quantitative estimate of drug-likeness (QED) is 0.0657. The molecule has 4 aromatic rings. The normalized spacial score (nSPS) is 12.2. The molecule has 5 rings (SSSR count). The molecular weight excluding hydrogens is 674 g/mol. The van der Waals surface area contributed by atoms with Gasteiger partial charge in [-0.2, -0.15) is 0 Å². The molecule has 4 aromatic carbocycles. The van der Waals surface area contributed by atoms with Crippen LogP contribution >= 0.6 is 7.92 Å². The number of rotatable bonds is 11. The fourth-order valence-electron chi connectivity index (χ4n) is 3.92. The first-order valence-corrected chi connectivity index (χ1v) is 16.9. The van der Waals surface area contributed by atoms with Crippen molar-refractivity contribution < 1.29 is 36.0 Å². The third-order valence-corrected chi connectivity index (χ3v) is 10.8. The van der Waals surface area contributed by atoms with Crippen LogP contribution in [0.5, 0.6) is 0 Å². The fraction of sp³-hybridized carbons (Fsp3) is 0.162. The van der Waals surface area contributed by atoms with Crippen molar-refractivity contribution >= 4 is 49.5 Å². The molecule has 0 amide bonds. The van der Waals surface area contributed by atoms with Crippen molar-refractivity contribution in [2.45, 2.75) is 23.9 Å². The van der Waals surface area contributed by atoms with Crippen LogP contribution in [0.25, 0.3) is 0 Å². The molecule has 227 valence electrons. The van der Waals surface area contributed by atoms with Gasteiger partial charge < -0.3 is 0 Å². The Hall–Kier alpha value is -2.32. The molecule has 0 heterocycles. The Balaban J connectivity index is 0.000000357. The summed E-state index contributed by atoms with van der Waals surface area (Å²) in [5, 5.41) is 4.19. The molecule has 5 radical (unpaired) electrons. The zero-order chi connectivity index (χ0) is 31.0. The molecular formula is C37H37FeO4PSe+. The first-order valence-electron chi connectivity index (χ1n) is 13.7. The first kappa shape index (κ1) is 39.7. The number of carbonyl (C=O) groups excluding carboxylic acids is 1. The van der Waals surface area contributed by atoms with Crippen molar-refractivity contribution in [3.05, 3.63) is 160 Å². The van der Waals surface area contributed by atoms with Gasteiger partial charge >= 0.3 is 137 Å². The van der Waals surface area contributed by atoms with Gasteiger partial charge in [0.2, 0.25) is 0 Å². The average molecular weight is 711 g/mol. The third-order valence-electron chi connectivity index (χ3n) is 5.94. The maximum Gasteiger partial charge on any atom is 2.00 e. The molecule has 1 fully saturated rings. The van der Waals surface area contributed by atoms with Crippen molar-refractivity contribution in [3.63, 3.8) is 0 Å². The molecule has 1 atom stereocenters. The van der Waals surface area contributed by atoms with Crippen molar-refractivity contribution in [1.29, 1.82) is 0 Å². The van der Waals surface area contributed by atoms with Gasteiger partial charge in [-0.15, -0.1) is 0 Å². The molecule has 0 spiro atoms. The minimum absolute atomic E-state index is 0. The maximum absolute atomic E-state index is 10.9. The Morgan fingerprint density at radius 3 is 1.30 bits per heavy atom. The topological polar surface area (TPSA) is 55.4 Å². The number of ether oxygens (including phenoxy) is 2. The van der Waals surface area contributed by atoms with E-state index in [0.717, 1.165) is 12.8 Å². The average Bonchev–Trinajstić information content (AvgIpc) is 3.69. The molecule has 0 bridgehead atoms. The van der Waals surface area contributed by atoms with E-state index < -0.39 is 7.92 Å². The molecule has 44 heavy (non-hydrogen) atoms. The summed E-state index contributed by atoms with van der Waals surface area (Å²) in [6.45, 7) is 4.50. The second-order valence-electron chi connectivity index (χ2n) is 8.82. The Morgan fingerprint density at radius 2 is 0.977 bits per heavy atom. The molecule has 1 saturated carbocycles. The predicted octanol–water partition coefficient (Wildman–Crippen LogP) is 5.74. The van der Waals surface area contributed by atoms with E-state index in [1.54, 1.807) is 14.2 Å². The Morgan fingerprint density at radius 1 is 0.636 bits per heavy atom. The zero-order valence-corrected chi connectivity index (χ0v) is 28.6. The molecule has 7 heteroatoms. The van der Waals surface area contributed by atoms with Crippen molar-refractivity contribution in [2.24, 2.45) is 0 Å². The van der Waals surface area contributed by atoms with Crippen LogP contribution in [-0.4, -0.2) is 41.8 Å². The second-order valence-corrected chi connectivity index (χ2v) is 13.7. The molecule has 0 aliphatic heterocycles. The van der Waals surface area contributed by atoms with Gasteiger partial charge in [-0.25, -0.2) is 0 Å². The van der Waals surface area contributed by atoms with E-state index >= 15 is 0 Å². The van der Waals surface area contributed by atoms with Gasteiger partial charge in [0, 0.05) is 0 Å². The Bertz CT molecular complexity index is 1140. The molecule has 4 nitrogen and oxygen atoms in total. The summed E-state index contributed by atoms with van der Waals surface area (Å²) in [6.07, 6.45) is 13.4. The van der Waals surface area contributed by atoms with Crippen LogP contribution in [-0.2, 0) is 36.0 Å². The summed E-state index contributed by atoms with van der Waals surface area (Å²) >= 11 is 0.134. The Labute approximate surface area is 282 Å². The molecule has 1 aliphatic carbocycles. The van der Waals surface area contributed by atoms with Crippen LogP contribution in [0.15, 0.2) is 121 Å².